The van der Waals surface area contributed by atoms with E-state index in [9.17, 15) is 13.6 Å². The van der Waals surface area contributed by atoms with E-state index in [4.69, 9.17) is 0 Å². The van der Waals surface area contributed by atoms with E-state index in [-0.39, 0.29) is 12.3 Å². The minimum Gasteiger partial charge on any atom is -0.491 e. The normalized spacial score (nSPS) is 12.3. The third-order valence-corrected chi connectivity index (χ3v) is 2.26. The van der Waals surface area contributed by atoms with Crippen molar-refractivity contribution in [2.45, 2.75) is 19.3 Å². The molecule has 0 saturated carbocycles. The van der Waals surface area contributed by atoms with E-state index < -0.39 is 17.4 Å². The molecule has 0 aliphatic rings. The minimum absolute atomic E-state index is 0.200. The van der Waals surface area contributed by atoms with Crippen LogP contribution in [0, 0.1) is 11.6 Å². The number of methoxy groups -OCH3 is 1. The summed E-state index contributed by atoms with van der Waals surface area (Å²) in [5, 5.41) is 0. The van der Waals surface area contributed by atoms with Crippen LogP contribution in [-0.2, 0) is 4.79 Å². The first-order valence-corrected chi connectivity index (χ1v) is 4.57. The van der Waals surface area contributed by atoms with Gasteiger partial charge in [0, 0.05) is 6.42 Å². The topological polar surface area (TPSA) is 26.3 Å². The largest absolute Gasteiger partial charge is 0.491 e. The summed E-state index contributed by atoms with van der Waals surface area (Å²) in [6.07, 6.45) is 0.908. The van der Waals surface area contributed by atoms with Crippen molar-refractivity contribution in [1.82, 2.24) is 0 Å². The molecule has 0 bridgehead atoms. The van der Waals surface area contributed by atoms with Gasteiger partial charge in [-0.05, 0) is 17.5 Å². The highest BCUT2D eigenvalue weighted by molar-refractivity contribution is 5.52. The Morgan fingerprint density at radius 3 is 2.67 bits per heavy atom. The Balaban J connectivity index is 3.14. The zero-order valence-corrected chi connectivity index (χ0v) is 8.59. The second-order valence-electron chi connectivity index (χ2n) is 3.29. The van der Waals surface area contributed by atoms with Crippen LogP contribution in [0.25, 0.3) is 0 Å². The predicted molar refractivity (Wildman–Crippen MR) is 52.0 cm³/mol. The second-order valence-corrected chi connectivity index (χ2v) is 3.29. The lowest BCUT2D eigenvalue weighted by molar-refractivity contribution is -0.108. The average Bonchev–Trinajstić information content (AvgIpc) is 2.18. The molecule has 0 aliphatic carbocycles. The molecule has 0 fully saturated rings. The van der Waals surface area contributed by atoms with Gasteiger partial charge in [0.05, 0.1) is 7.11 Å². The van der Waals surface area contributed by atoms with Gasteiger partial charge in [0.1, 0.15) is 6.29 Å². The Hall–Kier alpha value is -1.45. The smallest absolute Gasteiger partial charge is 0.190 e. The number of hydrogen-bond donors (Lipinski definition) is 0. The van der Waals surface area contributed by atoms with Gasteiger partial charge in [0.15, 0.2) is 17.4 Å². The van der Waals surface area contributed by atoms with Gasteiger partial charge in [0.25, 0.3) is 0 Å². The van der Waals surface area contributed by atoms with Gasteiger partial charge in [-0.25, -0.2) is 8.78 Å². The maximum absolute atomic E-state index is 13.6. The van der Waals surface area contributed by atoms with E-state index in [1.165, 1.54) is 13.2 Å². The van der Waals surface area contributed by atoms with Crippen molar-refractivity contribution in [3.05, 3.63) is 29.3 Å². The lowest BCUT2D eigenvalue weighted by atomic mass is 9.97. The third-order valence-electron chi connectivity index (χ3n) is 2.26. The molecule has 4 heteroatoms. The van der Waals surface area contributed by atoms with E-state index in [0.717, 1.165) is 6.07 Å². The van der Waals surface area contributed by atoms with Crippen LogP contribution in [-0.4, -0.2) is 13.4 Å². The quantitative estimate of drug-likeness (QED) is 0.720. The number of carbonyl (C=O) groups is 1. The van der Waals surface area contributed by atoms with Crippen molar-refractivity contribution in [2.24, 2.45) is 0 Å². The Kier molecular flexibility index (Phi) is 3.77. The second kappa shape index (κ2) is 4.87. The van der Waals surface area contributed by atoms with Crippen molar-refractivity contribution >= 4 is 6.29 Å². The number of carbonyl (C=O) groups excluding carboxylic acids is 1. The van der Waals surface area contributed by atoms with Crippen molar-refractivity contribution in [2.75, 3.05) is 7.11 Å². The fraction of sp³-hybridized carbons (Fsp3) is 0.364. The molecule has 0 amide bonds. The van der Waals surface area contributed by atoms with Crippen LogP contribution >= 0.6 is 0 Å². The number of ether oxygens (including phenoxy) is 1. The van der Waals surface area contributed by atoms with Crippen LogP contribution in [0.1, 0.15) is 24.8 Å². The molecule has 1 atom stereocenters. The lowest BCUT2D eigenvalue weighted by Gasteiger charge is -2.12. The lowest BCUT2D eigenvalue weighted by Crippen LogP contribution is -2.02. The summed E-state index contributed by atoms with van der Waals surface area (Å²) < 4.78 is 31.3. The van der Waals surface area contributed by atoms with Crippen LogP contribution < -0.4 is 4.74 Å². The van der Waals surface area contributed by atoms with Gasteiger partial charge in [-0.3, -0.25) is 0 Å². The summed E-state index contributed by atoms with van der Waals surface area (Å²) in [6, 6.07) is 2.47. The molecular weight excluding hydrogens is 202 g/mol. The van der Waals surface area contributed by atoms with Gasteiger partial charge in [0.2, 0.25) is 0 Å². The van der Waals surface area contributed by atoms with Crippen LogP contribution in [0.4, 0.5) is 8.78 Å². The molecule has 1 unspecified atom stereocenters. The summed E-state index contributed by atoms with van der Waals surface area (Å²) in [5.74, 6) is -2.15. The summed E-state index contributed by atoms with van der Waals surface area (Å²) >= 11 is 0. The van der Waals surface area contributed by atoms with Gasteiger partial charge in [-0.15, -0.1) is 0 Å². The monoisotopic (exact) mass is 214 g/mol. The molecule has 0 N–H and O–H groups in total. The van der Waals surface area contributed by atoms with E-state index in [1.807, 2.05) is 0 Å². The Labute approximate surface area is 86.9 Å². The Morgan fingerprint density at radius 1 is 1.47 bits per heavy atom. The van der Waals surface area contributed by atoms with E-state index in [0.29, 0.717) is 11.8 Å². The predicted octanol–water partition coefficient (Wildman–Crippen LogP) is 2.67. The van der Waals surface area contributed by atoms with Crippen molar-refractivity contribution in [1.29, 1.82) is 0 Å². The molecule has 2 nitrogen and oxygen atoms in total. The highest BCUT2D eigenvalue weighted by atomic mass is 19.1. The molecule has 1 aromatic rings. The fourth-order valence-corrected chi connectivity index (χ4v) is 1.39. The maximum Gasteiger partial charge on any atom is 0.190 e. The van der Waals surface area contributed by atoms with Crippen LogP contribution in [0.5, 0.6) is 5.75 Å². The molecule has 0 radical (unpaired) electrons. The fourth-order valence-electron chi connectivity index (χ4n) is 1.39. The first kappa shape index (κ1) is 11.6. The molecule has 0 heterocycles. The number of hydrogen-bond acceptors (Lipinski definition) is 2. The number of benzene rings is 1. The zero-order valence-electron chi connectivity index (χ0n) is 8.59. The Bertz CT molecular complexity index is 364. The average molecular weight is 214 g/mol. The van der Waals surface area contributed by atoms with E-state index in [1.54, 1.807) is 6.92 Å². The summed E-state index contributed by atoms with van der Waals surface area (Å²) in [7, 11) is 1.20. The standard InChI is InChI=1S/C11H12F2O2/c1-7(5-6-14)8-3-4-9(12)11(15-2)10(8)13/h3-4,6-7H,5H2,1-2H3. The van der Waals surface area contributed by atoms with Gasteiger partial charge in [-0.1, -0.05) is 13.0 Å². The molecule has 0 saturated heterocycles. The summed E-state index contributed by atoms with van der Waals surface area (Å²) in [6.45, 7) is 1.70. The molecule has 1 aromatic carbocycles. The van der Waals surface area contributed by atoms with Crippen LogP contribution in [0.15, 0.2) is 12.1 Å². The van der Waals surface area contributed by atoms with Gasteiger partial charge in [-0.2, -0.15) is 0 Å². The molecule has 0 aromatic heterocycles. The first-order chi connectivity index (χ1) is 7.11. The summed E-state index contributed by atoms with van der Waals surface area (Å²) in [4.78, 5) is 10.3. The highest BCUT2D eigenvalue weighted by Crippen LogP contribution is 2.29. The van der Waals surface area contributed by atoms with Gasteiger partial charge >= 0.3 is 0 Å². The van der Waals surface area contributed by atoms with Crippen molar-refractivity contribution in [3.63, 3.8) is 0 Å². The zero-order chi connectivity index (χ0) is 11.4. The molecule has 82 valence electrons. The molecule has 0 spiro atoms. The number of rotatable bonds is 4. The molecule has 1 rings (SSSR count). The molecule has 0 aliphatic heterocycles. The highest BCUT2D eigenvalue weighted by Gasteiger charge is 2.17. The Morgan fingerprint density at radius 2 is 2.13 bits per heavy atom. The number of aldehydes is 1. The first-order valence-electron chi connectivity index (χ1n) is 4.57. The van der Waals surface area contributed by atoms with E-state index >= 15 is 0 Å². The van der Waals surface area contributed by atoms with Crippen LogP contribution in [0.3, 0.4) is 0 Å². The molecular formula is C11H12F2O2. The minimum atomic E-state index is -0.739. The third kappa shape index (κ3) is 2.32. The van der Waals surface area contributed by atoms with Gasteiger partial charge < -0.3 is 9.53 Å². The summed E-state index contributed by atoms with van der Waals surface area (Å²) in [5.41, 5.74) is 0.292. The van der Waals surface area contributed by atoms with Crippen molar-refractivity contribution < 1.29 is 18.3 Å². The maximum atomic E-state index is 13.6. The number of halogens is 2. The van der Waals surface area contributed by atoms with Crippen molar-refractivity contribution in [3.8, 4) is 5.75 Å². The van der Waals surface area contributed by atoms with Crippen LogP contribution in [0.2, 0.25) is 0 Å². The molecule has 15 heavy (non-hydrogen) atoms. The SMILES string of the molecule is COc1c(F)ccc(C(C)CC=O)c1F. The van der Waals surface area contributed by atoms with E-state index in [2.05, 4.69) is 4.74 Å².